The van der Waals surface area contributed by atoms with Gasteiger partial charge in [-0.2, -0.15) is 0 Å². The summed E-state index contributed by atoms with van der Waals surface area (Å²) in [6, 6.07) is 5.80. The number of hydrogen-bond donors (Lipinski definition) is 2. The van der Waals surface area contributed by atoms with Crippen LogP contribution >= 0.6 is 0 Å². The summed E-state index contributed by atoms with van der Waals surface area (Å²) in [6.07, 6.45) is 3.19. The molecule has 0 radical (unpaired) electrons. The van der Waals surface area contributed by atoms with E-state index in [1.54, 1.807) is 6.20 Å². The number of aliphatic hydroxyl groups excluding tert-OH is 1. The van der Waals surface area contributed by atoms with Crippen molar-refractivity contribution in [1.82, 2.24) is 14.7 Å². The highest BCUT2D eigenvalue weighted by molar-refractivity contribution is 5.93. The van der Waals surface area contributed by atoms with Crippen LogP contribution in [0.5, 0.6) is 0 Å². The lowest BCUT2D eigenvalue weighted by Crippen LogP contribution is -2.32. The van der Waals surface area contributed by atoms with Crippen molar-refractivity contribution in [2.24, 2.45) is 0 Å². The van der Waals surface area contributed by atoms with Gasteiger partial charge < -0.3 is 14.8 Å². The predicted molar refractivity (Wildman–Crippen MR) is 73.2 cm³/mol. The summed E-state index contributed by atoms with van der Waals surface area (Å²) in [6.45, 7) is 4.04. The molecule has 0 aliphatic rings. The van der Waals surface area contributed by atoms with E-state index < -0.39 is 0 Å². The van der Waals surface area contributed by atoms with Gasteiger partial charge in [-0.25, -0.2) is 4.98 Å². The van der Waals surface area contributed by atoms with Gasteiger partial charge in [-0.1, -0.05) is 6.07 Å². The Balaban J connectivity index is 2.11. The van der Waals surface area contributed by atoms with E-state index in [2.05, 4.69) is 10.3 Å². The zero-order chi connectivity index (χ0) is 13.8. The highest BCUT2D eigenvalue weighted by Gasteiger charge is 2.13. The van der Waals surface area contributed by atoms with Crippen molar-refractivity contribution < 1.29 is 9.90 Å². The van der Waals surface area contributed by atoms with Crippen molar-refractivity contribution in [2.45, 2.75) is 32.7 Å². The van der Waals surface area contributed by atoms with Gasteiger partial charge in [0.1, 0.15) is 11.3 Å². The number of aromatic nitrogens is 2. The third kappa shape index (κ3) is 3.12. The molecule has 102 valence electrons. The Morgan fingerprint density at radius 2 is 2.32 bits per heavy atom. The lowest BCUT2D eigenvalue weighted by molar-refractivity contribution is 0.0932. The molecule has 1 amide bonds. The number of aliphatic hydroxyl groups is 1. The van der Waals surface area contributed by atoms with Crippen molar-refractivity contribution in [2.75, 3.05) is 6.61 Å². The Morgan fingerprint density at radius 3 is 3.00 bits per heavy atom. The fourth-order valence-corrected chi connectivity index (χ4v) is 2.03. The average molecular weight is 261 g/mol. The molecular formula is C14H19N3O2. The third-order valence-corrected chi connectivity index (χ3v) is 3.10. The first-order chi connectivity index (χ1) is 9.11. The molecule has 5 nitrogen and oxygen atoms in total. The first-order valence-electron chi connectivity index (χ1n) is 6.48. The number of pyridine rings is 1. The molecular weight excluding hydrogens is 242 g/mol. The maximum absolute atomic E-state index is 12.0. The molecule has 0 bridgehead atoms. The summed E-state index contributed by atoms with van der Waals surface area (Å²) >= 11 is 0. The quantitative estimate of drug-likeness (QED) is 0.858. The number of hydrogen-bond acceptors (Lipinski definition) is 3. The molecule has 0 saturated heterocycles. The number of aryl methyl sites for hydroxylation is 1. The SMILES string of the molecule is Cc1cccc2nc(C(=O)NC(C)CCCO)cn12. The summed E-state index contributed by atoms with van der Waals surface area (Å²) in [5.41, 5.74) is 2.23. The first kappa shape index (κ1) is 13.5. The Hall–Kier alpha value is -1.88. The summed E-state index contributed by atoms with van der Waals surface area (Å²) in [4.78, 5) is 16.4. The standard InChI is InChI=1S/C14H19N3O2/c1-10(5-4-8-18)15-14(19)12-9-17-11(2)6-3-7-13(17)16-12/h3,6-7,9-10,18H,4-5,8H2,1-2H3,(H,15,19). The second kappa shape index (κ2) is 5.84. The predicted octanol–water partition coefficient (Wildman–Crippen LogP) is 1.53. The number of nitrogens with zero attached hydrogens (tertiary/aromatic N) is 2. The van der Waals surface area contributed by atoms with Gasteiger partial charge in [0, 0.05) is 24.5 Å². The van der Waals surface area contributed by atoms with Gasteiger partial charge in [-0.15, -0.1) is 0 Å². The number of carbonyl (C=O) groups excluding carboxylic acids is 1. The Labute approximate surface area is 112 Å². The molecule has 1 atom stereocenters. The monoisotopic (exact) mass is 261 g/mol. The van der Waals surface area contributed by atoms with E-state index in [1.807, 2.05) is 36.4 Å². The van der Waals surface area contributed by atoms with Crippen molar-refractivity contribution in [1.29, 1.82) is 0 Å². The Bertz CT molecular complexity index is 577. The molecule has 0 aliphatic heterocycles. The van der Waals surface area contributed by atoms with E-state index in [0.717, 1.165) is 17.8 Å². The maximum Gasteiger partial charge on any atom is 0.271 e. The number of nitrogens with one attached hydrogen (secondary N) is 1. The van der Waals surface area contributed by atoms with Crippen molar-refractivity contribution in [3.63, 3.8) is 0 Å². The molecule has 1 unspecified atom stereocenters. The van der Waals surface area contributed by atoms with Gasteiger partial charge in [0.15, 0.2) is 0 Å². The van der Waals surface area contributed by atoms with Crippen LogP contribution in [0, 0.1) is 6.92 Å². The van der Waals surface area contributed by atoms with E-state index in [9.17, 15) is 4.79 Å². The van der Waals surface area contributed by atoms with Crippen LogP contribution in [0.4, 0.5) is 0 Å². The molecule has 2 rings (SSSR count). The van der Waals surface area contributed by atoms with E-state index in [0.29, 0.717) is 12.1 Å². The topological polar surface area (TPSA) is 66.6 Å². The van der Waals surface area contributed by atoms with Crippen LogP contribution in [0.3, 0.4) is 0 Å². The lowest BCUT2D eigenvalue weighted by atomic mass is 10.2. The molecule has 0 fully saturated rings. The van der Waals surface area contributed by atoms with E-state index in [1.165, 1.54) is 0 Å². The highest BCUT2D eigenvalue weighted by Crippen LogP contribution is 2.08. The number of imidazole rings is 1. The Morgan fingerprint density at radius 1 is 1.53 bits per heavy atom. The second-order valence-corrected chi connectivity index (χ2v) is 4.76. The van der Waals surface area contributed by atoms with Crippen molar-refractivity contribution in [3.8, 4) is 0 Å². The number of rotatable bonds is 5. The molecule has 0 spiro atoms. The summed E-state index contributed by atoms with van der Waals surface area (Å²) < 4.78 is 1.90. The third-order valence-electron chi connectivity index (χ3n) is 3.10. The smallest absolute Gasteiger partial charge is 0.271 e. The lowest BCUT2D eigenvalue weighted by Gasteiger charge is -2.11. The molecule has 19 heavy (non-hydrogen) atoms. The molecule has 0 saturated carbocycles. The largest absolute Gasteiger partial charge is 0.396 e. The zero-order valence-electron chi connectivity index (χ0n) is 11.3. The molecule has 5 heteroatoms. The molecule has 0 aliphatic carbocycles. The van der Waals surface area contributed by atoms with Crippen molar-refractivity contribution >= 4 is 11.6 Å². The van der Waals surface area contributed by atoms with Gasteiger partial charge in [-0.05, 0) is 38.8 Å². The van der Waals surface area contributed by atoms with Gasteiger partial charge >= 0.3 is 0 Å². The van der Waals surface area contributed by atoms with Crippen LogP contribution in [0.1, 0.15) is 35.9 Å². The molecule has 2 heterocycles. The first-order valence-corrected chi connectivity index (χ1v) is 6.48. The van der Waals surface area contributed by atoms with E-state index in [-0.39, 0.29) is 18.6 Å². The summed E-state index contributed by atoms with van der Waals surface area (Å²) in [7, 11) is 0. The fourth-order valence-electron chi connectivity index (χ4n) is 2.03. The Kier molecular flexibility index (Phi) is 4.16. The number of carbonyl (C=O) groups is 1. The molecule has 2 N–H and O–H groups in total. The summed E-state index contributed by atoms with van der Waals surface area (Å²) in [5, 5.41) is 11.6. The minimum Gasteiger partial charge on any atom is -0.396 e. The van der Waals surface area contributed by atoms with Gasteiger partial charge in [0.25, 0.3) is 5.91 Å². The van der Waals surface area contributed by atoms with Crippen LogP contribution in [0.2, 0.25) is 0 Å². The minimum absolute atomic E-state index is 0.0329. The maximum atomic E-state index is 12.0. The number of amides is 1. The van der Waals surface area contributed by atoms with Gasteiger partial charge in [0.2, 0.25) is 0 Å². The van der Waals surface area contributed by atoms with Crippen LogP contribution < -0.4 is 5.32 Å². The van der Waals surface area contributed by atoms with Crippen LogP contribution in [-0.4, -0.2) is 33.0 Å². The fraction of sp³-hybridized carbons (Fsp3) is 0.429. The molecule has 2 aromatic rings. The van der Waals surface area contributed by atoms with Crippen molar-refractivity contribution in [3.05, 3.63) is 35.8 Å². The second-order valence-electron chi connectivity index (χ2n) is 4.76. The van der Waals surface area contributed by atoms with E-state index in [4.69, 9.17) is 5.11 Å². The van der Waals surface area contributed by atoms with Gasteiger partial charge in [0.05, 0.1) is 0 Å². The highest BCUT2D eigenvalue weighted by atomic mass is 16.3. The normalized spacial score (nSPS) is 12.6. The van der Waals surface area contributed by atoms with Gasteiger partial charge in [-0.3, -0.25) is 4.79 Å². The van der Waals surface area contributed by atoms with Crippen LogP contribution in [-0.2, 0) is 0 Å². The molecule has 0 aromatic carbocycles. The summed E-state index contributed by atoms with van der Waals surface area (Å²) in [5.74, 6) is -0.173. The minimum atomic E-state index is -0.173. The number of fused-ring (bicyclic) bond motifs is 1. The average Bonchev–Trinajstić information content (AvgIpc) is 2.82. The van der Waals surface area contributed by atoms with Crippen LogP contribution in [0.15, 0.2) is 24.4 Å². The molecule has 2 aromatic heterocycles. The van der Waals surface area contributed by atoms with E-state index >= 15 is 0 Å². The van der Waals surface area contributed by atoms with Crippen LogP contribution in [0.25, 0.3) is 5.65 Å². The zero-order valence-corrected chi connectivity index (χ0v) is 11.3.